The summed E-state index contributed by atoms with van der Waals surface area (Å²) in [5.74, 6) is 0.410. The van der Waals surface area contributed by atoms with Gasteiger partial charge >= 0.3 is 0 Å². The van der Waals surface area contributed by atoms with Crippen LogP contribution in [0.2, 0.25) is 0 Å². The van der Waals surface area contributed by atoms with Gasteiger partial charge in [0, 0.05) is 5.69 Å². The number of ether oxygens (including phenoxy) is 1. The number of guanidine groups is 1. The van der Waals surface area contributed by atoms with Gasteiger partial charge in [0.15, 0.2) is 5.96 Å². The monoisotopic (exact) mass is 247 g/mol. The van der Waals surface area contributed by atoms with Crippen LogP contribution in [0.3, 0.4) is 0 Å². The minimum Gasteiger partial charge on any atom is -0.379 e. The molecule has 1 aromatic rings. The van der Waals surface area contributed by atoms with E-state index in [1.54, 1.807) is 0 Å². The number of benzene rings is 1. The summed E-state index contributed by atoms with van der Waals surface area (Å²) in [7, 11) is 0. The second kappa shape index (κ2) is 8.31. The first-order chi connectivity index (χ1) is 8.72. The maximum absolute atomic E-state index is 5.76. The lowest BCUT2D eigenvalue weighted by Gasteiger charge is -2.06. The predicted octanol–water partition coefficient (Wildman–Crippen LogP) is 2.31. The van der Waals surface area contributed by atoms with Crippen LogP contribution in [0.15, 0.2) is 41.9 Å². The van der Waals surface area contributed by atoms with E-state index >= 15 is 0 Å². The summed E-state index contributed by atoms with van der Waals surface area (Å²) in [4.78, 5) is 4.18. The Hall–Kier alpha value is -1.81. The second-order valence-corrected chi connectivity index (χ2v) is 3.95. The van der Waals surface area contributed by atoms with Gasteiger partial charge in [-0.3, -0.25) is 4.99 Å². The van der Waals surface area contributed by atoms with Gasteiger partial charge in [-0.1, -0.05) is 18.2 Å². The molecule has 1 aromatic carbocycles. The largest absolute Gasteiger partial charge is 0.379 e. The molecule has 0 aromatic heterocycles. The summed E-state index contributed by atoms with van der Waals surface area (Å²) >= 11 is 0. The Balaban J connectivity index is 2.27. The molecule has 3 N–H and O–H groups in total. The third-order valence-electron chi connectivity index (χ3n) is 2.27. The van der Waals surface area contributed by atoms with Crippen molar-refractivity contribution in [3.63, 3.8) is 0 Å². The van der Waals surface area contributed by atoms with Crippen LogP contribution in [0, 0.1) is 6.92 Å². The molecular weight excluding hydrogens is 226 g/mol. The van der Waals surface area contributed by atoms with Gasteiger partial charge in [-0.25, -0.2) is 0 Å². The fourth-order valence-electron chi connectivity index (χ4n) is 1.41. The Kier molecular flexibility index (Phi) is 6.58. The van der Waals surface area contributed by atoms with Crippen LogP contribution in [0.25, 0.3) is 0 Å². The van der Waals surface area contributed by atoms with Crippen LogP contribution in [0.4, 0.5) is 5.69 Å². The number of rotatable bonds is 7. The summed E-state index contributed by atoms with van der Waals surface area (Å²) < 4.78 is 5.33. The summed E-state index contributed by atoms with van der Waals surface area (Å²) in [6.45, 7) is 7.47. The van der Waals surface area contributed by atoms with Gasteiger partial charge in [0.25, 0.3) is 0 Å². The molecule has 0 aliphatic carbocycles. The van der Waals surface area contributed by atoms with Crippen molar-refractivity contribution >= 4 is 11.6 Å². The first kappa shape index (κ1) is 14.3. The van der Waals surface area contributed by atoms with Gasteiger partial charge in [-0.05, 0) is 31.0 Å². The van der Waals surface area contributed by atoms with E-state index in [2.05, 4.69) is 16.9 Å². The molecule has 0 spiro atoms. The summed E-state index contributed by atoms with van der Waals surface area (Å²) in [6, 6.07) is 7.98. The van der Waals surface area contributed by atoms with E-state index in [1.807, 2.05) is 37.3 Å². The normalized spacial score (nSPS) is 11.3. The first-order valence-electron chi connectivity index (χ1n) is 6.04. The van der Waals surface area contributed by atoms with Gasteiger partial charge in [-0.2, -0.15) is 0 Å². The number of nitrogens with one attached hydrogen (secondary N) is 1. The van der Waals surface area contributed by atoms with E-state index in [-0.39, 0.29) is 0 Å². The number of aliphatic imine (C=N–C) groups is 1. The van der Waals surface area contributed by atoms with E-state index < -0.39 is 0 Å². The molecule has 0 saturated carbocycles. The SMILES string of the molecule is C=CCCOCCN=C(N)Nc1cccc(C)c1. The highest BCUT2D eigenvalue weighted by Crippen LogP contribution is 2.08. The van der Waals surface area contributed by atoms with Crippen molar-refractivity contribution in [1.82, 2.24) is 0 Å². The fraction of sp³-hybridized carbons (Fsp3) is 0.357. The lowest BCUT2D eigenvalue weighted by molar-refractivity contribution is 0.146. The molecule has 0 unspecified atom stereocenters. The minimum absolute atomic E-state index is 0.410. The highest BCUT2D eigenvalue weighted by atomic mass is 16.5. The molecule has 0 bridgehead atoms. The number of aryl methyl sites for hydroxylation is 1. The summed E-state index contributed by atoms with van der Waals surface area (Å²) in [5.41, 5.74) is 7.89. The van der Waals surface area contributed by atoms with E-state index in [4.69, 9.17) is 10.5 Å². The molecule has 18 heavy (non-hydrogen) atoms. The quantitative estimate of drug-likeness (QED) is 0.336. The first-order valence-corrected chi connectivity index (χ1v) is 6.04. The molecular formula is C14H21N3O. The third kappa shape index (κ3) is 6.06. The second-order valence-electron chi connectivity index (χ2n) is 3.95. The molecule has 0 radical (unpaired) electrons. The van der Waals surface area contributed by atoms with Crippen molar-refractivity contribution in [2.45, 2.75) is 13.3 Å². The Morgan fingerprint density at radius 2 is 2.33 bits per heavy atom. The lowest BCUT2D eigenvalue weighted by atomic mass is 10.2. The average Bonchev–Trinajstić information content (AvgIpc) is 2.33. The van der Waals surface area contributed by atoms with Gasteiger partial charge < -0.3 is 15.8 Å². The van der Waals surface area contributed by atoms with Crippen LogP contribution in [0.5, 0.6) is 0 Å². The molecule has 0 heterocycles. The Morgan fingerprint density at radius 3 is 3.06 bits per heavy atom. The Bertz CT molecular complexity index is 402. The standard InChI is InChI=1S/C14H21N3O/c1-3-4-9-18-10-8-16-14(15)17-13-7-5-6-12(2)11-13/h3,5-7,11H,1,4,8-10H2,2H3,(H3,15,16,17). The molecule has 0 amide bonds. The molecule has 0 aliphatic rings. The zero-order chi connectivity index (χ0) is 13.2. The maximum atomic E-state index is 5.76. The molecule has 98 valence electrons. The van der Waals surface area contributed by atoms with Gasteiger partial charge in [0.05, 0.1) is 19.8 Å². The third-order valence-corrected chi connectivity index (χ3v) is 2.27. The fourth-order valence-corrected chi connectivity index (χ4v) is 1.41. The molecule has 1 rings (SSSR count). The Labute approximate surface area is 109 Å². The van der Waals surface area contributed by atoms with E-state index in [0.717, 1.165) is 12.1 Å². The molecule has 0 aliphatic heterocycles. The topological polar surface area (TPSA) is 59.6 Å². The molecule has 0 saturated heterocycles. The zero-order valence-corrected chi connectivity index (χ0v) is 10.9. The smallest absolute Gasteiger partial charge is 0.193 e. The number of hydrogen-bond donors (Lipinski definition) is 2. The molecule has 0 atom stereocenters. The number of hydrogen-bond acceptors (Lipinski definition) is 2. The number of nitrogens with zero attached hydrogens (tertiary/aromatic N) is 1. The van der Waals surface area contributed by atoms with Crippen molar-refractivity contribution in [3.05, 3.63) is 42.5 Å². The van der Waals surface area contributed by atoms with Crippen molar-refractivity contribution in [1.29, 1.82) is 0 Å². The molecule has 4 nitrogen and oxygen atoms in total. The molecule has 4 heteroatoms. The zero-order valence-electron chi connectivity index (χ0n) is 10.9. The van der Waals surface area contributed by atoms with Crippen molar-refractivity contribution < 1.29 is 4.74 Å². The van der Waals surface area contributed by atoms with Crippen molar-refractivity contribution in [2.24, 2.45) is 10.7 Å². The van der Waals surface area contributed by atoms with Crippen molar-refractivity contribution in [2.75, 3.05) is 25.1 Å². The van der Waals surface area contributed by atoms with E-state index in [1.165, 1.54) is 5.56 Å². The van der Waals surface area contributed by atoms with Crippen LogP contribution in [-0.2, 0) is 4.74 Å². The number of nitrogens with two attached hydrogens (primary N) is 1. The van der Waals surface area contributed by atoms with Crippen LogP contribution in [0.1, 0.15) is 12.0 Å². The predicted molar refractivity (Wildman–Crippen MR) is 76.9 cm³/mol. The highest BCUT2D eigenvalue weighted by molar-refractivity contribution is 5.92. The van der Waals surface area contributed by atoms with Crippen LogP contribution >= 0.6 is 0 Å². The average molecular weight is 247 g/mol. The van der Waals surface area contributed by atoms with Gasteiger partial charge in [0.2, 0.25) is 0 Å². The minimum atomic E-state index is 0.410. The summed E-state index contributed by atoms with van der Waals surface area (Å²) in [6.07, 6.45) is 2.69. The van der Waals surface area contributed by atoms with Crippen molar-refractivity contribution in [3.8, 4) is 0 Å². The van der Waals surface area contributed by atoms with Gasteiger partial charge in [-0.15, -0.1) is 6.58 Å². The maximum Gasteiger partial charge on any atom is 0.193 e. The van der Waals surface area contributed by atoms with E-state index in [9.17, 15) is 0 Å². The lowest BCUT2D eigenvalue weighted by Crippen LogP contribution is -2.23. The van der Waals surface area contributed by atoms with E-state index in [0.29, 0.717) is 25.7 Å². The Morgan fingerprint density at radius 1 is 1.50 bits per heavy atom. The number of anilines is 1. The van der Waals surface area contributed by atoms with Crippen LogP contribution < -0.4 is 11.1 Å². The summed E-state index contributed by atoms with van der Waals surface area (Å²) in [5, 5.41) is 3.04. The van der Waals surface area contributed by atoms with Gasteiger partial charge in [0.1, 0.15) is 0 Å². The highest BCUT2D eigenvalue weighted by Gasteiger charge is 1.94. The van der Waals surface area contributed by atoms with Crippen LogP contribution in [-0.4, -0.2) is 25.7 Å². The molecule has 0 fully saturated rings.